The van der Waals surface area contributed by atoms with Crippen LogP contribution in [0, 0.1) is 52.3 Å². The molecule has 2 nitrogen and oxygen atoms in total. The van der Waals surface area contributed by atoms with Crippen molar-refractivity contribution < 1.29 is 9.53 Å². The van der Waals surface area contributed by atoms with E-state index >= 15 is 0 Å². The van der Waals surface area contributed by atoms with Gasteiger partial charge in [0.25, 0.3) is 0 Å². The smallest absolute Gasteiger partial charge is 0.306 e. The van der Waals surface area contributed by atoms with E-state index in [0.29, 0.717) is 29.1 Å². The number of esters is 1. The van der Waals surface area contributed by atoms with Gasteiger partial charge in [-0.2, -0.15) is 0 Å². The number of carbonyl (C=O) groups excluding carboxylic acids is 1. The van der Waals surface area contributed by atoms with Crippen molar-refractivity contribution in [2.75, 3.05) is 0 Å². The van der Waals surface area contributed by atoms with Crippen molar-refractivity contribution in [3.63, 3.8) is 0 Å². The van der Waals surface area contributed by atoms with E-state index in [1.807, 2.05) is 0 Å². The highest BCUT2D eigenvalue weighted by molar-refractivity contribution is 5.69. The van der Waals surface area contributed by atoms with Crippen molar-refractivity contribution in [2.45, 2.75) is 189 Å². The van der Waals surface area contributed by atoms with E-state index < -0.39 is 0 Å². The predicted octanol–water partition coefficient (Wildman–Crippen LogP) is 13.1. The summed E-state index contributed by atoms with van der Waals surface area (Å²) >= 11 is 0. The Morgan fingerprint density at radius 2 is 1.47 bits per heavy atom. The van der Waals surface area contributed by atoms with Crippen LogP contribution in [0.25, 0.3) is 0 Å². The summed E-state index contributed by atoms with van der Waals surface area (Å²) in [5.74, 6) is 5.50. The third kappa shape index (κ3) is 9.31. The van der Waals surface area contributed by atoms with Gasteiger partial charge in [-0.3, -0.25) is 4.79 Å². The second-order valence-electron chi connectivity index (χ2n) is 17.3. The van der Waals surface area contributed by atoms with Crippen molar-refractivity contribution in [1.29, 1.82) is 0 Å². The molecule has 4 aliphatic rings. The number of allylic oxidation sites excluding steroid dienone is 3. The van der Waals surface area contributed by atoms with Crippen molar-refractivity contribution in [2.24, 2.45) is 52.3 Å². The Balaban J connectivity index is 1.19. The van der Waals surface area contributed by atoms with E-state index in [-0.39, 0.29) is 12.1 Å². The lowest BCUT2D eigenvalue weighted by Gasteiger charge is -2.58. The van der Waals surface area contributed by atoms with Crippen LogP contribution in [-0.4, -0.2) is 12.1 Å². The fraction of sp³-hybridized carbons (Fsp3) is 0.884. The molecule has 0 bridgehead atoms. The first-order valence-electron chi connectivity index (χ1n) is 20.2. The zero-order valence-electron chi connectivity index (χ0n) is 31.0. The van der Waals surface area contributed by atoms with Crippen LogP contribution in [0.3, 0.4) is 0 Å². The number of rotatable bonds is 18. The first-order valence-corrected chi connectivity index (χ1v) is 20.2. The molecule has 4 aliphatic carbocycles. The van der Waals surface area contributed by atoms with E-state index in [1.54, 1.807) is 5.57 Å². The number of ether oxygens (including phenoxy) is 1. The number of hydrogen-bond acceptors (Lipinski definition) is 2. The highest BCUT2D eigenvalue weighted by Gasteiger charge is 2.59. The standard InChI is InChI=1S/C43H74O2/c1-8-9-10-11-12-13-14-15-16-17-18-19-20-41(44)45-36-27-29-42(6)35(31-36)23-24-37-39-26-25-38(43(39,7)30-28-40(37)42)34(5)22-21-33(4)32(2)3/h21-23,32-34,36-40H,8-20,24-31H2,1-7H3/b22-21+. The van der Waals surface area contributed by atoms with Gasteiger partial charge in [-0.15, -0.1) is 0 Å². The summed E-state index contributed by atoms with van der Waals surface area (Å²) in [5.41, 5.74) is 2.45. The molecule has 0 N–H and O–H groups in total. The van der Waals surface area contributed by atoms with E-state index in [4.69, 9.17) is 4.74 Å². The van der Waals surface area contributed by atoms with Crippen molar-refractivity contribution in [3.8, 4) is 0 Å². The molecular weight excluding hydrogens is 548 g/mol. The monoisotopic (exact) mass is 623 g/mol. The lowest BCUT2D eigenvalue weighted by Crippen LogP contribution is -2.51. The maximum absolute atomic E-state index is 12.8. The second kappa shape index (κ2) is 17.4. The molecule has 9 unspecified atom stereocenters. The molecular formula is C43H74O2. The molecule has 45 heavy (non-hydrogen) atoms. The number of carbonyl (C=O) groups is 1. The van der Waals surface area contributed by atoms with Gasteiger partial charge in [0.05, 0.1) is 0 Å². The fourth-order valence-electron chi connectivity index (χ4n) is 10.7. The van der Waals surface area contributed by atoms with E-state index in [2.05, 4.69) is 66.7 Å². The zero-order valence-corrected chi connectivity index (χ0v) is 31.0. The maximum Gasteiger partial charge on any atom is 0.306 e. The third-order valence-corrected chi connectivity index (χ3v) is 14.1. The average molecular weight is 623 g/mol. The van der Waals surface area contributed by atoms with Gasteiger partial charge in [0.1, 0.15) is 6.10 Å². The summed E-state index contributed by atoms with van der Waals surface area (Å²) in [4.78, 5) is 12.8. The summed E-state index contributed by atoms with van der Waals surface area (Å²) < 4.78 is 6.12. The molecule has 0 spiro atoms. The van der Waals surface area contributed by atoms with Gasteiger partial charge in [0.2, 0.25) is 0 Å². The van der Waals surface area contributed by atoms with Crippen molar-refractivity contribution >= 4 is 5.97 Å². The van der Waals surface area contributed by atoms with Gasteiger partial charge in [0.15, 0.2) is 0 Å². The Labute approximate surface area is 280 Å². The molecule has 0 aromatic heterocycles. The molecule has 0 aromatic carbocycles. The summed E-state index contributed by atoms with van der Waals surface area (Å²) in [5, 5.41) is 0. The molecule has 0 saturated heterocycles. The summed E-state index contributed by atoms with van der Waals surface area (Å²) in [7, 11) is 0. The first kappa shape index (κ1) is 36.8. The Kier molecular flexibility index (Phi) is 14.2. The quantitative estimate of drug-likeness (QED) is 0.0863. The molecule has 0 radical (unpaired) electrons. The molecule has 0 aliphatic heterocycles. The van der Waals surface area contributed by atoms with Crippen LogP contribution in [0.5, 0.6) is 0 Å². The minimum atomic E-state index is 0.0568. The second-order valence-corrected chi connectivity index (χ2v) is 17.3. The SMILES string of the molecule is CCCCCCCCCCCCCCC(=O)OC1CCC2(C)C(=CCC3C2CCC2(C)C(C(C)/C=C/C(C)C(C)C)CCC32)C1. The maximum atomic E-state index is 12.8. The summed E-state index contributed by atoms with van der Waals surface area (Å²) in [6.07, 6.45) is 34.5. The normalized spacial score (nSPS) is 34.2. The highest BCUT2D eigenvalue weighted by atomic mass is 16.5. The first-order chi connectivity index (χ1) is 21.6. The molecule has 0 aromatic rings. The molecule has 0 heterocycles. The molecule has 2 heteroatoms. The Morgan fingerprint density at radius 3 is 2.11 bits per heavy atom. The Bertz CT molecular complexity index is 961. The van der Waals surface area contributed by atoms with E-state index in [0.717, 1.165) is 48.9 Å². The molecule has 4 rings (SSSR count). The molecule has 3 saturated carbocycles. The largest absolute Gasteiger partial charge is 0.462 e. The van der Waals surface area contributed by atoms with Crippen molar-refractivity contribution in [1.82, 2.24) is 0 Å². The lowest BCUT2D eigenvalue weighted by atomic mass is 9.47. The van der Waals surface area contributed by atoms with Crippen LogP contribution < -0.4 is 0 Å². The van der Waals surface area contributed by atoms with Crippen LogP contribution in [0.1, 0.15) is 183 Å². The topological polar surface area (TPSA) is 26.3 Å². The van der Waals surface area contributed by atoms with E-state index in [1.165, 1.54) is 109 Å². The van der Waals surface area contributed by atoms with Gasteiger partial charge >= 0.3 is 5.97 Å². The van der Waals surface area contributed by atoms with Gasteiger partial charge in [0, 0.05) is 12.8 Å². The molecule has 258 valence electrons. The molecule has 9 atom stereocenters. The Morgan fingerprint density at radius 1 is 0.822 bits per heavy atom. The van der Waals surface area contributed by atoms with Crippen LogP contribution in [0.4, 0.5) is 0 Å². The van der Waals surface area contributed by atoms with Crippen LogP contribution >= 0.6 is 0 Å². The number of unbranched alkanes of at least 4 members (excludes halogenated alkanes) is 11. The van der Waals surface area contributed by atoms with Gasteiger partial charge < -0.3 is 4.74 Å². The van der Waals surface area contributed by atoms with Gasteiger partial charge in [-0.1, -0.05) is 143 Å². The Hall–Kier alpha value is -1.05. The zero-order chi connectivity index (χ0) is 32.5. The average Bonchev–Trinajstić information content (AvgIpc) is 3.37. The van der Waals surface area contributed by atoms with Crippen LogP contribution in [0.15, 0.2) is 23.8 Å². The summed E-state index contributed by atoms with van der Waals surface area (Å²) in [6.45, 7) is 17.1. The minimum absolute atomic E-state index is 0.0568. The van der Waals surface area contributed by atoms with Gasteiger partial charge in [-0.25, -0.2) is 0 Å². The van der Waals surface area contributed by atoms with Crippen LogP contribution in [0.2, 0.25) is 0 Å². The number of fused-ring (bicyclic) bond motifs is 5. The number of hydrogen-bond donors (Lipinski definition) is 0. The minimum Gasteiger partial charge on any atom is -0.462 e. The van der Waals surface area contributed by atoms with Crippen LogP contribution in [-0.2, 0) is 9.53 Å². The van der Waals surface area contributed by atoms with Gasteiger partial charge in [-0.05, 0) is 104 Å². The third-order valence-electron chi connectivity index (χ3n) is 14.1. The molecule has 3 fully saturated rings. The molecule has 0 amide bonds. The summed E-state index contributed by atoms with van der Waals surface area (Å²) in [6, 6.07) is 0. The fourth-order valence-corrected chi connectivity index (χ4v) is 10.7. The lowest BCUT2D eigenvalue weighted by molar-refractivity contribution is -0.151. The van der Waals surface area contributed by atoms with E-state index in [9.17, 15) is 4.79 Å². The van der Waals surface area contributed by atoms with Crippen molar-refractivity contribution in [3.05, 3.63) is 23.8 Å². The highest BCUT2D eigenvalue weighted by Crippen LogP contribution is 2.67. The predicted molar refractivity (Wildman–Crippen MR) is 193 cm³/mol.